The molecular formula is C12H9FN2O3. The van der Waals surface area contributed by atoms with Crippen molar-refractivity contribution in [3.63, 3.8) is 0 Å². The van der Waals surface area contributed by atoms with Gasteiger partial charge >= 0.3 is 5.97 Å². The standard InChI is InChI=1S/C12H9FN2O3/c1-18-8-2-3-9(12(16)17)10(4-8)11-14-5-7(13)6-15-11/h2-6H,1H3,(H,16,17). The van der Waals surface area contributed by atoms with Crippen molar-refractivity contribution < 1.29 is 19.0 Å². The molecule has 0 aliphatic heterocycles. The third kappa shape index (κ3) is 2.27. The van der Waals surface area contributed by atoms with Gasteiger partial charge in [-0.3, -0.25) is 0 Å². The van der Waals surface area contributed by atoms with E-state index in [2.05, 4.69) is 9.97 Å². The van der Waals surface area contributed by atoms with Gasteiger partial charge in [-0.05, 0) is 18.2 Å². The molecular weight excluding hydrogens is 239 g/mol. The van der Waals surface area contributed by atoms with E-state index in [1.54, 1.807) is 0 Å². The number of hydrogen-bond donors (Lipinski definition) is 1. The molecule has 0 fully saturated rings. The molecule has 2 rings (SSSR count). The number of carbonyl (C=O) groups is 1. The van der Waals surface area contributed by atoms with Crippen LogP contribution in [-0.2, 0) is 0 Å². The predicted molar refractivity (Wildman–Crippen MR) is 60.9 cm³/mol. The molecule has 0 aliphatic carbocycles. The summed E-state index contributed by atoms with van der Waals surface area (Å²) in [6.07, 6.45) is 1.96. The molecule has 18 heavy (non-hydrogen) atoms. The minimum absolute atomic E-state index is 0.0300. The molecule has 1 aromatic heterocycles. The number of carboxylic acid groups (broad SMARTS) is 1. The molecule has 1 aromatic carbocycles. The third-order valence-corrected chi connectivity index (χ3v) is 2.32. The van der Waals surface area contributed by atoms with Crippen LogP contribution in [0.15, 0.2) is 30.6 Å². The zero-order valence-electron chi connectivity index (χ0n) is 9.42. The Morgan fingerprint density at radius 2 is 2.00 bits per heavy atom. The highest BCUT2D eigenvalue weighted by molar-refractivity contribution is 5.95. The maximum Gasteiger partial charge on any atom is 0.336 e. The van der Waals surface area contributed by atoms with Gasteiger partial charge in [0.1, 0.15) is 5.75 Å². The molecule has 0 aliphatic rings. The molecule has 1 heterocycles. The number of nitrogens with zero attached hydrogens (tertiary/aromatic N) is 2. The van der Waals surface area contributed by atoms with Gasteiger partial charge in [0, 0.05) is 5.56 Å². The van der Waals surface area contributed by atoms with Crippen molar-refractivity contribution in [1.29, 1.82) is 0 Å². The Kier molecular flexibility index (Phi) is 3.18. The minimum atomic E-state index is -1.11. The summed E-state index contributed by atoms with van der Waals surface area (Å²) >= 11 is 0. The van der Waals surface area contributed by atoms with Crippen LogP contribution in [0.1, 0.15) is 10.4 Å². The lowest BCUT2D eigenvalue weighted by Crippen LogP contribution is -2.02. The molecule has 5 nitrogen and oxygen atoms in total. The van der Waals surface area contributed by atoms with Crippen molar-refractivity contribution in [2.45, 2.75) is 0 Å². The summed E-state index contributed by atoms with van der Waals surface area (Å²) in [6.45, 7) is 0. The Bertz CT molecular complexity index is 584. The van der Waals surface area contributed by atoms with Crippen LogP contribution in [0, 0.1) is 5.82 Å². The molecule has 1 N–H and O–H groups in total. The van der Waals surface area contributed by atoms with Gasteiger partial charge in [0.2, 0.25) is 0 Å². The number of carboxylic acids is 1. The maximum atomic E-state index is 12.7. The fraction of sp³-hybridized carbons (Fsp3) is 0.0833. The highest BCUT2D eigenvalue weighted by Gasteiger charge is 2.14. The molecule has 0 atom stereocenters. The number of rotatable bonds is 3. The summed E-state index contributed by atoms with van der Waals surface area (Å²) < 4.78 is 17.8. The van der Waals surface area contributed by atoms with E-state index in [0.717, 1.165) is 12.4 Å². The number of ether oxygens (including phenoxy) is 1. The van der Waals surface area contributed by atoms with Gasteiger partial charge in [0.05, 0.1) is 25.1 Å². The zero-order chi connectivity index (χ0) is 13.1. The van der Waals surface area contributed by atoms with Gasteiger partial charge in [0.15, 0.2) is 11.6 Å². The van der Waals surface area contributed by atoms with Crippen LogP contribution in [0.5, 0.6) is 5.75 Å². The Hall–Kier alpha value is -2.50. The first kappa shape index (κ1) is 12.0. The predicted octanol–water partition coefficient (Wildman–Crippen LogP) is 1.99. The second kappa shape index (κ2) is 4.79. The fourth-order valence-electron chi connectivity index (χ4n) is 1.47. The molecule has 0 amide bonds. The summed E-state index contributed by atoms with van der Waals surface area (Å²) in [7, 11) is 1.46. The Morgan fingerprint density at radius 1 is 1.33 bits per heavy atom. The first-order valence-electron chi connectivity index (χ1n) is 5.01. The molecule has 0 radical (unpaired) electrons. The Morgan fingerprint density at radius 3 is 2.56 bits per heavy atom. The lowest BCUT2D eigenvalue weighted by Gasteiger charge is -2.07. The molecule has 0 saturated carbocycles. The monoisotopic (exact) mass is 248 g/mol. The molecule has 2 aromatic rings. The summed E-state index contributed by atoms with van der Waals surface area (Å²) in [4.78, 5) is 18.6. The van der Waals surface area contributed by atoms with Crippen LogP contribution >= 0.6 is 0 Å². The highest BCUT2D eigenvalue weighted by Crippen LogP contribution is 2.25. The molecule has 92 valence electrons. The average molecular weight is 248 g/mol. The van der Waals surface area contributed by atoms with E-state index in [9.17, 15) is 9.18 Å². The highest BCUT2D eigenvalue weighted by atomic mass is 19.1. The molecule has 0 spiro atoms. The largest absolute Gasteiger partial charge is 0.497 e. The van der Waals surface area contributed by atoms with E-state index in [4.69, 9.17) is 9.84 Å². The van der Waals surface area contributed by atoms with Crippen molar-refractivity contribution in [2.24, 2.45) is 0 Å². The number of aromatic nitrogens is 2. The van der Waals surface area contributed by atoms with Crippen molar-refractivity contribution in [3.05, 3.63) is 42.0 Å². The van der Waals surface area contributed by atoms with E-state index in [1.165, 1.54) is 25.3 Å². The first-order valence-corrected chi connectivity index (χ1v) is 5.01. The second-order valence-electron chi connectivity index (χ2n) is 3.44. The Labute approximate surface area is 102 Å². The van der Waals surface area contributed by atoms with E-state index in [0.29, 0.717) is 5.75 Å². The van der Waals surface area contributed by atoms with Crippen LogP contribution in [0.4, 0.5) is 4.39 Å². The van der Waals surface area contributed by atoms with Crippen molar-refractivity contribution in [3.8, 4) is 17.1 Å². The van der Waals surface area contributed by atoms with E-state index in [-0.39, 0.29) is 17.0 Å². The lowest BCUT2D eigenvalue weighted by molar-refractivity contribution is 0.0697. The average Bonchev–Trinajstić information content (AvgIpc) is 2.38. The van der Waals surface area contributed by atoms with Crippen molar-refractivity contribution >= 4 is 5.97 Å². The summed E-state index contributed by atoms with van der Waals surface area (Å²) in [5.74, 6) is -1.09. The zero-order valence-corrected chi connectivity index (χ0v) is 9.42. The topological polar surface area (TPSA) is 72.3 Å². The van der Waals surface area contributed by atoms with Crippen LogP contribution in [-0.4, -0.2) is 28.2 Å². The molecule has 0 saturated heterocycles. The Balaban J connectivity index is 2.59. The van der Waals surface area contributed by atoms with Crippen LogP contribution in [0.3, 0.4) is 0 Å². The number of halogens is 1. The van der Waals surface area contributed by atoms with Gasteiger partial charge in [0.25, 0.3) is 0 Å². The molecule has 6 heteroatoms. The quantitative estimate of drug-likeness (QED) is 0.899. The molecule has 0 bridgehead atoms. The second-order valence-corrected chi connectivity index (χ2v) is 3.44. The normalized spacial score (nSPS) is 10.1. The summed E-state index contributed by atoms with van der Waals surface area (Å²) in [5, 5.41) is 9.07. The van der Waals surface area contributed by atoms with E-state index >= 15 is 0 Å². The van der Waals surface area contributed by atoms with Gasteiger partial charge in [-0.1, -0.05) is 0 Å². The van der Waals surface area contributed by atoms with Gasteiger partial charge in [-0.25, -0.2) is 19.2 Å². The SMILES string of the molecule is COc1ccc(C(=O)O)c(-c2ncc(F)cn2)c1. The first-order chi connectivity index (χ1) is 8.61. The lowest BCUT2D eigenvalue weighted by atomic mass is 10.1. The van der Waals surface area contributed by atoms with Crippen LogP contribution in [0.25, 0.3) is 11.4 Å². The minimum Gasteiger partial charge on any atom is -0.497 e. The fourth-order valence-corrected chi connectivity index (χ4v) is 1.47. The maximum absolute atomic E-state index is 12.7. The summed E-state index contributed by atoms with van der Waals surface area (Å²) in [5.41, 5.74) is 0.309. The number of methoxy groups -OCH3 is 1. The smallest absolute Gasteiger partial charge is 0.336 e. The number of hydrogen-bond acceptors (Lipinski definition) is 4. The van der Waals surface area contributed by atoms with Gasteiger partial charge < -0.3 is 9.84 Å². The van der Waals surface area contributed by atoms with Gasteiger partial charge in [-0.2, -0.15) is 0 Å². The van der Waals surface area contributed by atoms with E-state index < -0.39 is 11.8 Å². The third-order valence-electron chi connectivity index (χ3n) is 2.32. The summed E-state index contributed by atoms with van der Waals surface area (Å²) in [6, 6.07) is 4.41. The van der Waals surface area contributed by atoms with Crippen molar-refractivity contribution in [1.82, 2.24) is 9.97 Å². The van der Waals surface area contributed by atoms with Crippen molar-refractivity contribution in [2.75, 3.05) is 7.11 Å². The molecule has 0 unspecified atom stereocenters. The van der Waals surface area contributed by atoms with Crippen LogP contribution < -0.4 is 4.74 Å². The number of aromatic carboxylic acids is 1. The van der Waals surface area contributed by atoms with Gasteiger partial charge in [-0.15, -0.1) is 0 Å². The van der Waals surface area contributed by atoms with E-state index in [1.807, 2.05) is 0 Å². The number of benzene rings is 1. The van der Waals surface area contributed by atoms with Crippen LogP contribution in [0.2, 0.25) is 0 Å².